The second kappa shape index (κ2) is 6.14. The second-order valence-corrected chi connectivity index (χ2v) is 6.81. The van der Waals surface area contributed by atoms with E-state index in [-0.39, 0.29) is 0 Å². The quantitative estimate of drug-likeness (QED) is 0.645. The molecule has 0 unspecified atom stereocenters. The Labute approximate surface area is 146 Å². The lowest BCUT2D eigenvalue weighted by Crippen LogP contribution is -1.94. The number of fused-ring (bicyclic) bond motifs is 1. The first-order valence-electron chi connectivity index (χ1n) is 7.00. The van der Waals surface area contributed by atoms with Crippen molar-refractivity contribution in [1.82, 2.24) is 14.9 Å². The first kappa shape index (κ1) is 14.4. The third-order valence-corrected chi connectivity index (χ3v) is 4.94. The lowest BCUT2D eigenvalue weighted by Gasteiger charge is -2.05. The van der Waals surface area contributed by atoms with E-state index < -0.39 is 0 Å². The standard InChI is InChI=1S/C17H11BrN4S/c18-14-8-6-12(7-9-14)15-10-11-19-22-16(20-21-17(22)23-15)13-4-2-1-3-5-13/h1-11H. The van der Waals surface area contributed by atoms with Crippen LogP contribution in [0.5, 0.6) is 0 Å². The molecule has 0 aliphatic carbocycles. The smallest absolute Gasteiger partial charge is 0.187 e. The molecule has 0 spiro atoms. The fraction of sp³-hybridized carbons (Fsp3) is 0. The summed E-state index contributed by atoms with van der Waals surface area (Å²) in [6.07, 6.45) is 3.79. The Hall–Kier alpha value is -2.18. The van der Waals surface area contributed by atoms with Crippen LogP contribution in [0, 0.1) is 0 Å². The summed E-state index contributed by atoms with van der Waals surface area (Å²) in [6.45, 7) is 0. The minimum Gasteiger partial charge on any atom is -0.187 e. The number of hydrogen-bond donors (Lipinski definition) is 0. The Morgan fingerprint density at radius 1 is 0.870 bits per heavy atom. The largest absolute Gasteiger partial charge is 0.217 e. The van der Waals surface area contributed by atoms with Gasteiger partial charge in [0.05, 0.1) is 0 Å². The number of hydrogen-bond acceptors (Lipinski definition) is 4. The summed E-state index contributed by atoms with van der Waals surface area (Å²) in [5.41, 5.74) is 2.12. The third kappa shape index (κ3) is 2.87. The van der Waals surface area contributed by atoms with Crippen molar-refractivity contribution in [1.29, 1.82) is 0 Å². The molecule has 0 N–H and O–H groups in total. The number of rotatable bonds is 2. The highest BCUT2D eigenvalue weighted by Gasteiger charge is 2.17. The first-order valence-corrected chi connectivity index (χ1v) is 8.61. The molecule has 0 bridgehead atoms. The first-order chi connectivity index (χ1) is 11.3. The van der Waals surface area contributed by atoms with E-state index in [1.807, 2.05) is 48.5 Å². The van der Waals surface area contributed by atoms with Crippen LogP contribution in [0.1, 0.15) is 5.56 Å². The summed E-state index contributed by atoms with van der Waals surface area (Å²) in [5, 5.41) is 13.8. The van der Waals surface area contributed by atoms with Crippen molar-refractivity contribution in [3.8, 4) is 11.4 Å². The van der Waals surface area contributed by atoms with Crippen molar-refractivity contribution >= 4 is 38.8 Å². The number of aromatic nitrogens is 3. The monoisotopic (exact) mass is 382 g/mol. The summed E-state index contributed by atoms with van der Waals surface area (Å²) in [5.74, 6) is 0.745. The van der Waals surface area contributed by atoms with Crippen LogP contribution in [0.2, 0.25) is 0 Å². The summed E-state index contributed by atoms with van der Waals surface area (Å²) < 4.78 is 2.84. The van der Waals surface area contributed by atoms with Crippen LogP contribution in [-0.4, -0.2) is 21.1 Å². The average molecular weight is 383 g/mol. The van der Waals surface area contributed by atoms with Crippen molar-refractivity contribution in [3.63, 3.8) is 0 Å². The number of thioether (sulfide) groups is 1. The van der Waals surface area contributed by atoms with Crippen LogP contribution >= 0.6 is 27.7 Å². The highest BCUT2D eigenvalue weighted by atomic mass is 79.9. The average Bonchev–Trinajstić information content (AvgIpc) is 2.86. The SMILES string of the molecule is Brc1ccc(C2=CC=Nn3c(nnc3-c3ccccc3)S2)cc1. The van der Waals surface area contributed by atoms with Gasteiger partial charge in [0.1, 0.15) is 0 Å². The number of halogens is 1. The number of allylic oxidation sites excluding steroid dienone is 1. The Balaban J connectivity index is 1.71. The van der Waals surface area contributed by atoms with Crippen molar-refractivity contribution in [3.05, 3.63) is 70.7 Å². The zero-order chi connectivity index (χ0) is 15.6. The van der Waals surface area contributed by atoms with E-state index in [2.05, 4.69) is 43.4 Å². The Morgan fingerprint density at radius 2 is 1.65 bits per heavy atom. The van der Waals surface area contributed by atoms with Gasteiger partial charge in [-0.2, -0.15) is 9.78 Å². The van der Waals surface area contributed by atoms with Gasteiger partial charge in [-0.15, -0.1) is 10.2 Å². The van der Waals surface area contributed by atoms with E-state index >= 15 is 0 Å². The predicted molar refractivity (Wildman–Crippen MR) is 97.3 cm³/mol. The van der Waals surface area contributed by atoms with Crippen LogP contribution in [-0.2, 0) is 0 Å². The van der Waals surface area contributed by atoms with Crippen LogP contribution in [0.25, 0.3) is 16.3 Å². The maximum absolute atomic E-state index is 4.48. The van der Waals surface area contributed by atoms with E-state index in [4.69, 9.17) is 0 Å². The molecule has 0 saturated carbocycles. The van der Waals surface area contributed by atoms with Gasteiger partial charge < -0.3 is 0 Å². The molecule has 1 aromatic heterocycles. The van der Waals surface area contributed by atoms with Gasteiger partial charge in [0, 0.05) is 21.2 Å². The normalized spacial score (nSPS) is 13.3. The molecule has 1 aliphatic heterocycles. The minimum absolute atomic E-state index is 0.745. The molecule has 4 rings (SSSR count). The predicted octanol–water partition coefficient (Wildman–Crippen LogP) is 4.69. The van der Waals surface area contributed by atoms with Gasteiger partial charge in [0.2, 0.25) is 5.16 Å². The van der Waals surface area contributed by atoms with E-state index in [9.17, 15) is 0 Å². The third-order valence-electron chi connectivity index (χ3n) is 3.38. The molecule has 2 aromatic carbocycles. The molecule has 112 valence electrons. The lowest BCUT2D eigenvalue weighted by atomic mass is 10.2. The summed E-state index contributed by atoms with van der Waals surface area (Å²) in [4.78, 5) is 1.09. The fourth-order valence-corrected chi connectivity index (χ4v) is 3.42. The number of benzene rings is 2. The highest BCUT2D eigenvalue weighted by molar-refractivity contribution is 9.10. The van der Waals surface area contributed by atoms with Gasteiger partial charge in [-0.1, -0.05) is 58.4 Å². The molecule has 4 nitrogen and oxygen atoms in total. The van der Waals surface area contributed by atoms with E-state index in [0.717, 1.165) is 31.5 Å². The van der Waals surface area contributed by atoms with Crippen molar-refractivity contribution in [2.24, 2.45) is 5.10 Å². The van der Waals surface area contributed by atoms with Crippen molar-refractivity contribution in [2.45, 2.75) is 5.16 Å². The highest BCUT2D eigenvalue weighted by Crippen LogP contribution is 2.36. The molecule has 1 aliphatic rings. The van der Waals surface area contributed by atoms with E-state index in [1.54, 1.807) is 22.7 Å². The molecule has 0 saturated heterocycles. The molecule has 3 aromatic rings. The molecule has 23 heavy (non-hydrogen) atoms. The summed E-state index contributed by atoms with van der Waals surface area (Å²) in [7, 11) is 0. The minimum atomic E-state index is 0.745. The topological polar surface area (TPSA) is 43.1 Å². The zero-order valence-corrected chi connectivity index (χ0v) is 14.3. The maximum atomic E-state index is 4.48. The maximum Gasteiger partial charge on any atom is 0.217 e. The van der Waals surface area contributed by atoms with Gasteiger partial charge in [0.15, 0.2) is 5.82 Å². The molecular formula is C17H11BrN4S. The molecule has 6 heteroatoms. The number of nitrogens with zero attached hydrogens (tertiary/aromatic N) is 4. The molecular weight excluding hydrogens is 372 g/mol. The summed E-state index contributed by atoms with van der Waals surface area (Å²) in [6, 6.07) is 18.1. The molecule has 0 fully saturated rings. The molecule has 0 atom stereocenters. The molecule has 0 amide bonds. The zero-order valence-electron chi connectivity index (χ0n) is 11.9. The van der Waals surface area contributed by atoms with E-state index in [1.165, 1.54) is 0 Å². The van der Waals surface area contributed by atoms with Crippen molar-refractivity contribution < 1.29 is 0 Å². The Morgan fingerprint density at radius 3 is 2.43 bits per heavy atom. The lowest BCUT2D eigenvalue weighted by molar-refractivity contribution is 0.776. The van der Waals surface area contributed by atoms with Crippen LogP contribution < -0.4 is 0 Å². The van der Waals surface area contributed by atoms with Gasteiger partial charge in [-0.25, -0.2) is 0 Å². The van der Waals surface area contributed by atoms with Crippen LogP contribution in [0.4, 0.5) is 0 Å². The Kier molecular flexibility index (Phi) is 3.85. The van der Waals surface area contributed by atoms with Gasteiger partial charge in [-0.05, 0) is 35.5 Å². The fourth-order valence-electron chi connectivity index (χ4n) is 2.27. The van der Waals surface area contributed by atoms with E-state index in [0.29, 0.717) is 0 Å². The molecule has 2 heterocycles. The molecule has 0 radical (unpaired) electrons. The Bertz CT molecular complexity index is 898. The summed E-state index contributed by atoms with van der Waals surface area (Å²) >= 11 is 5.02. The van der Waals surface area contributed by atoms with Gasteiger partial charge >= 0.3 is 0 Å². The van der Waals surface area contributed by atoms with Gasteiger partial charge in [-0.3, -0.25) is 0 Å². The second-order valence-electron chi connectivity index (χ2n) is 4.89. The van der Waals surface area contributed by atoms with Gasteiger partial charge in [0.25, 0.3) is 0 Å². The van der Waals surface area contributed by atoms with Crippen molar-refractivity contribution in [2.75, 3.05) is 0 Å². The van der Waals surface area contributed by atoms with Crippen LogP contribution in [0.3, 0.4) is 0 Å². The van der Waals surface area contributed by atoms with Crippen LogP contribution in [0.15, 0.2) is 75.4 Å².